The molecule has 0 spiro atoms. The lowest BCUT2D eigenvalue weighted by atomic mass is 9.96. The standard InChI is InChI=1S/C23H22FN5O3S/c24-16-3-1-5-19-21(16)26-23(33-19)28-11-8-15(9-12-28)22(31)25-10-13-29-20(30)7-6-17(27-29)18-4-2-14-32-18/h1-7,14-15H,8-13H2,(H,25,31). The van der Waals surface area contributed by atoms with E-state index in [2.05, 4.69) is 20.3 Å². The summed E-state index contributed by atoms with van der Waals surface area (Å²) in [6, 6.07) is 11.6. The van der Waals surface area contributed by atoms with Crippen molar-refractivity contribution < 1.29 is 13.6 Å². The van der Waals surface area contributed by atoms with Gasteiger partial charge in [-0.2, -0.15) is 5.10 Å². The number of furan rings is 1. The highest BCUT2D eigenvalue weighted by molar-refractivity contribution is 7.22. The van der Waals surface area contributed by atoms with Crippen molar-refractivity contribution in [1.29, 1.82) is 0 Å². The molecule has 0 radical (unpaired) electrons. The van der Waals surface area contributed by atoms with E-state index in [-0.39, 0.29) is 29.7 Å². The maximum atomic E-state index is 13.9. The van der Waals surface area contributed by atoms with E-state index in [1.54, 1.807) is 30.5 Å². The topological polar surface area (TPSA) is 93.3 Å². The van der Waals surface area contributed by atoms with E-state index in [0.717, 1.165) is 9.83 Å². The molecule has 0 saturated carbocycles. The molecule has 170 valence electrons. The predicted octanol–water partition coefficient (Wildman–Crippen LogP) is 3.28. The number of carbonyl (C=O) groups excluding carboxylic acids is 1. The lowest BCUT2D eigenvalue weighted by Gasteiger charge is -2.31. The van der Waals surface area contributed by atoms with Crippen LogP contribution in [-0.4, -0.2) is 40.3 Å². The number of benzene rings is 1. The Kier molecular flexibility index (Phi) is 5.91. The number of para-hydroxylation sites is 1. The van der Waals surface area contributed by atoms with Gasteiger partial charge in [0.05, 0.1) is 17.5 Å². The van der Waals surface area contributed by atoms with Gasteiger partial charge in [0.25, 0.3) is 5.56 Å². The highest BCUT2D eigenvalue weighted by Crippen LogP contribution is 2.32. The molecule has 1 saturated heterocycles. The van der Waals surface area contributed by atoms with Crippen LogP contribution in [-0.2, 0) is 11.3 Å². The Morgan fingerprint density at radius 2 is 2.03 bits per heavy atom. The van der Waals surface area contributed by atoms with Crippen molar-refractivity contribution in [1.82, 2.24) is 20.1 Å². The second-order valence-electron chi connectivity index (χ2n) is 7.89. The van der Waals surface area contributed by atoms with Gasteiger partial charge in [0.15, 0.2) is 10.9 Å². The molecule has 8 nitrogen and oxygen atoms in total. The second kappa shape index (κ2) is 9.14. The number of hydrogen-bond donors (Lipinski definition) is 1. The second-order valence-corrected chi connectivity index (χ2v) is 8.90. The van der Waals surface area contributed by atoms with Crippen LogP contribution in [0.1, 0.15) is 12.8 Å². The molecule has 0 atom stereocenters. The third-order valence-electron chi connectivity index (χ3n) is 5.76. The quantitative estimate of drug-likeness (QED) is 0.468. The molecule has 5 rings (SSSR count). The van der Waals surface area contributed by atoms with E-state index in [9.17, 15) is 14.0 Å². The van der Waals surface area contributed by atoms with Gasteiger partial charge in [-0.05, 0) is 43.2 Å². The summed E-state index contributed by atoms with van der Waals surface area (Å²) in [6.45, 7) is 1.96. The highest BCUT2D eigenvalue weighted by Gasteiger charge is 2.26. The summed E-state index contributed by atoms with van der Waals surface area (Å²) >= 11 is 1.47. The molecule has 0 unspecified atom stereocenters. The minimum Gasteiger partial charge on any atom is -0.463 e. The summed E-state index contributed by atoms with van der Waals surface area (Å²) in [5, 5.41) is 8.02. The molecule has 10 heteroatoms. The summed E-state index contributed by atoms with van der Waals surface area (Å²) in [5.74, 6) is 0.134. The van der Waals surface area contributed by atoms with Crippen molar-refractivity contribution in [3.63, 3.8) is 0 Å². The number of fused-ring (bicyclic) bond motifs is 1. The molecule has 0 aliphatic carbocycles. The third-order valence-corrected chi connectivity index (χ3v) is 6.84. The Labute approximate surface area is 192 Å². The van der Waals surface area contributed by atoms with Crippen LogP contribution < -0.4 is 15.8 Å². The molecule has 1 aromatic carbocycles. The molecule has 3 aromatic heterocycles. The SMILES string of the molecule is O=C(NCCn1nc(-c2ccco2)ccc1=O)C1CCN(c2nc3c(F)cccc3s2)CC1. The lowest BCUT2D eigenvalue weighted by Crippen LogP contribution is -2.41. The largest absolute Gasteiger partial charge is 0.463 e. The molecular weight excluding hydrogens is 445 g/mol. The Hall–Kier alpha value is -3.53. The van der Waals surface area contributed by atoms with E-state index < -0.39 is 0 Å². The molecule has 1 amide bonds. The molecule has 0 bridgehead atoms. The molecule has 1 fully saturated rings. The van der Waals surface area contributed by atoms with Crippen LogP contribution >= 0.6 is 11.3 Å². The number of hydrogen-bond acceptors (Lipinski definition) is 7. The zero-order valence-electron chi connectivity index (χ0n) is 17.7. The number of nitrogens with zero attached hydrogens (tertiary/aromatic N) is 4. The van der Waals surface area contributed by atoms with Gasteiger partial charge in [0, 0.05) is 31.6 Å². The third kappa shape index (κ3) is 4.51. The van der Waals surface area contributed by atoms with Crippen LogP contribution in [0, 0.1) is 11.7 Å². The first-order valence-corrected chi connectivity index (χ1v) is 11.6. The molecular formula is C23H22FN5O3S. The number of rotatable bonds is 6. The Bertz CT molecular complexity index is 1330. The van der Waals surface area contributed by atoms with Gasteiger partial charge in [-0.25, -0.2) is 14.1 Å². The zero-order valence-corrected chi connectivity index (χ0v) is 18.6. The van der Waals surface area contributed by atoms with E-state index in [0.29, 0.717) is 49.4 Å². The molecule has 1 N–H and O–H groups in total. The maximum absolute atomic E-state index is 13.9. The van der Waals surface area contributed by atoms with Crippen molar-refractivity contribution in [2.24, 2.45) is 5.92 Å². The fourth-order valence-electron chi connectivity index (χ4n) is 3.97. The first-order valence-electron chi connectivity index (χ1n) is 10.8. The Morgan fingerprint density at radius 1 is 1.18 bits per heavy atom. The van der Waals surface area contributed by atoms with Crippen molar-refractivity contribution in [2.45, 2.75) is 19.4 Å². The normalized spacial score (nSPS) is 14.6. The van der Waals surface area contributed by atoms with Crippen LogP contribution in [0.15, 0.2) is 57.9 Å². The fourth-order valence-corrected chi connectivity index (χ4v) is 5.00. The average Bonchev–Trinajstić information content (AvgIpc) is 3.51. The smallest absolute Gasteiger partial charge is 0.266 e. The van der Waals surface area contributed by atoms with Crippen LogP contribution in [0.3, 0.4) is 0 Å². The number of halogens is 1. The van der Waals surface area contributed by atoms with Crippen molar-refractivity contribution in [2.75, 3.05) is 24.5 Å². The Morgan fingerprint density at radius 3 is 2.79 bits per heavy atom. The molecule has 1 aliphatic heterocycles. The van der Waals surface area contributed by atoms with E-state index >= 15 is 0 Å². The summed E-state index contributed by atoms with van der Waals surface area (Å²) in [6.07, 6.45) is 2.93. The number of anilines is 1. The number of thiazole rings is 1. The van der Waals surface area contributed by atoms with Gasteiger partial charge in [-0.1, -0.05) is 17.4 Å². The summed E-state index contributed by atoms with van der Waals surface area (Å²) in [5.41, 5.74) is 0.727. The summed E-state index contributed by atoms with van der Waals surface area (Å²) in [4.78, 5) is 31.3. The lowest BCUT2D eigenvalue weighted by molar-refractivity contribution is -0.125. The average molecular weight is 468 g/mol. The van der Waals surface area contributed by atoms with Crippen molar-refractivity contribution in [3.8, 4) is 11.5 Å². The Balaban J connectivity index is 1.14. The van der Waals surface area contributed by atoms with E-state index in [4.69, 9.17) is 4.42 Å². The van der Waals surface area contributed by atoms with E-state index in [1.165, 1.54) is 28.2 Å². The van der Waals surface area contributed by atoms with Crippen LogP contribution in [0.25, 0.3) is 21.7 Å². The zero-order chi connectivity index (χ0) is 22.8. The monoisotopic (exact) mass is 467 g/mol. The molecule has 4 heterocycles. The molecule has 33 heavy (non-hydrogen) atoms. The minimum atomic E-state index is -0.312. The highest BCUT2D eigenvalue weighted by atomic mass is 32.1. The van der Waals surface area contributed by atoms with Crippen molar-refractivity contribution in [3.05, 3.63) is 64.9 Å². The summed E-state index contributed by atoms with van der Waals surface area (Å²) in [7, 11) is 0. The van der Waals surface area contributed by atoms with E-state index in [1.807, 2.05) is 6.07 Å². The first-order chi connectivity index (χ1) is 16.1. The van der Waals surface area contributed by atoms with Gasteiger partial charge in [-0.15, -0.1) is 0 Å². The number of carbonyl (C=O) groups is 1. The number of piperidine rings is 1. The first kappa shape index (κ1) is 21.3. The van der Waals surface area contributed by atoms with Crippen LogP contribution in [0.4, 0.5) is 9.52 Å². The van der Waals surface area contributed by atoms with Crippen LogP contribution in [0.5, 0.6) is 0 Å². The van der Waals surface area contributed by atoms with Gasteiger partial charge in [0.2, 0.25) is 5.91 Å². The van der Waals surface area contributed by atoms with Gasteiger partial charge in [0.1, 0.15) is 17.0 Å². The summed E-state index contributed by atoms with van der Waals surface area (Å²) < 4.78 is 21.4. The number of nitrogens with one attached hydrogen (secondary N) is 1. The van der Waals surface area contributed by atoms with Gasteiger partial charge in [-0.3, -0.25) is 9.59 Å². The molecule has 1 aliphatic rings. The minimum absolute atomic E-state index is 0.0276. The van der Waals surface area contributed by atoms with Gasteiger partial charge < -0.3 is 14.6 Å². The van der Waals surface area contributed by atoms with Crippen LogP contribution in [0.2, 0.25) is 0 Å². The fraction of sp³-hybridized carbons (Fsp3) is 0.304. The number of aromatic nitrogens is 3. The predicted molar refractivity (Wildman–Crippen MR) is 124 cm³/mol. The van der Waals surface area contributed by atoms with Gasteiger partial charge >= 0.3 is 0 Å². The van der Waals surface area contributed by atoms with Crippen molar-refractivity contribution >= 4 is 32.6 Å². The molecule has 4 aromatic rings. The number of amides is 1. The maximum Gasteiger partial charge on any atom is 0.266 e.